The minimum atomic E-state index is -0.499. The third-order valence-corrected chi connectivity index (χ3v) is 4.62. The van der Waals surface area contributed by atoms with Crippen molar-refractivity contribution >= 4 is 22.8 Å². The zero-order valence-electron chi connectivity index (χ0n) is 14.1. The van der Waals surface area contributed by atoms with Gasteiger partial charge in [0.2, 0.25) is 5.78 Å². The normalized spacial score (nSPS) is 16.3. The Balaban J connectivity index is 0.000000379. The Morgan fingerprint density at radius 2 is 1.56 bits per heavy atom. The number of hydrogen-bond acceptors (Lipinski definition) is 4. The van der Waals surface area contributed by atoms with Gasteiger partial charge in [-0.25, -0.2) is 0 Å². The zero-order chi connectivity index (χ0) is 18.4. The van der Waals surface area contributed by atoms with E-state index in [-0.39, 0.29) is 28.5 Å². The van der Waals surface area contributed by atoms with Gasteiger partial charge in [0.05, 0.1) is 9.80 Å². The van der Waals surface area contributed by atoms with Crippen molar-refractivity contribution in [2.45, 2.75) is 0 Å². The Morgan fingerprint density at radius 3 is 2.15 bits per heavy atom. The summed E-state index contributed by atoms with van der Waals surface area (Å²) in [5.41, 5.74) is 1.24. The van der Waals surface area contributed by atoms with E-state index in [9.17, 15) is 14.9 Å². The minimum absolute atomic E-state index is 0. The van der Waals surface area contributed by atoms with Crippen molar-refractivity contribution in [2.75, 3.05) is 0 Å². The van der Waals surface area contributed by atoms with Gasteiger partial charge in [0.25, 0.3) is 5.69 Å². The predicted molar refractivity (Wildman–Crippen MR) is 102 cm³/mol. The van der Waals surface area contributed by atoms with Crippen LogP contribution >= 0.6 is 11.3 Å². The number of nitro benzene ring substituents is 1. The molecule has 2 saturated carbocycles. The maximum Gasteiger partial charge on any atom is 2.00 e. The summed E-state index contributed by atoms with van der Waals surface area (Å²) in [5.74, 6) is 0.867. The molecule has 134 valence electrons. The summed E-state index contributed by atoms with van der Waals surface area (Å²) in [4.78, 5) is 23.2. The first-order valence-corrected chi connectivity index (χ1v) is 8.79. The Labute approximate surface area is 175 Å². The molecular formula is C21H15FeNO3S+2. The maximum absolute atomic E-state index is 12.4. The standard InChI is InChI=1S/C16H10NO3S.C5H5.Fe/c18-16(12-6-3-7-14(8-12)17(19)20)15-9-13(10-21-15)11-4-1-2-5-11;1-2-4-5-3-1;/h1-10H;1-5H;/q;;+2. The summed E-state index contributed by atoms with van der Waals surface area (Å²) in [7, 11) is 0. The first kappa shape index (κ1) is 21.8. The second-order valence-electron chi connectivity index (χ2n) is 5.47. The Morgan fingerprint density at radius 1 is 0.926 bits per heavy atom. The molecule has 10 radical (unpaired) electrons. The van der Waals surface area contributed by atoms with E-state index in [1.807, 2.05) is 69.2 Å². The number of rotatable bonds is 4. The van der Waals surface area contributed by atoms with Crippen LogP contribution in [0.2, 0.25) is 0 Å². The maximum atomic E-state index is 12.4. The van der Waals surface area contributed by atoms with Gasteiger partial charge in [-0.05, 0) is 74.8 Å². The van der Waals surface area contributed by atoms with Gasteiger partial charge in [-0.15, -0.1) is 11.3 Å². The number of thiophene rings is 1. The van der Waals surface area contributed by atoms with Crippen LogP contribution in [0.1, 0.15) is 20.8 Å². The van der Waals surface area contributed by atoms with E-state index < -0.39 is 4.92 Å². The van der Waals surface area contributed by atoms with Crippen LogP contribution < -0.4 is 0 Å². The molecule has 1 heterocycles. The molecule has 0 aliphatic heterocycles. The van der Waals surface area contributed by atoms with Crippen LogP contribution in [0.4, 0.5) is 5.69 Å². The molecule has 0 unspecified atom stereocenters. The second-order valence-corrected chi connectivity index (χ2v) is 6.38. The molecule has 1 aromatic carbocycles. The smallest absolute Gasteiger partial charge is 0.288 e. The van der Waals surface area contributed by atoms with Crippen molar-refractivity contribution in [3.63, 3.8) is 0 Å². The first-order valence-electron chi connectivity index (χ1n) is 7.91. The molecular weight excluding hydrogens is 402 g/mol. The summed E-state index contributed by atoms with van der Waals surface area (Å²) < 4.78 is 0. The van der Waals surface area contributed by atoms with E-state index in [1.165, 1.54) is 29.5 Å². The number of ketones is 1. The molecule has 0 saturated heterocycles. The van der Waals surface area contributed by atoms with Crippen LogP contribution in [0, 0.1) is 73.8 Å². The number of non-ortho nitro benzene ring substituents is 1. The average molecular weight is 417 g/mol. The summed E-state index contributed by atoms with van der Waals surface area (Å²) in [5, 5.41) is 12.7. The third-order valence-electron chi connectivity index (χ3n) is 3.69. The molecule has 2 aromatic rings. The second kappa shape index (κ2) is 10.7. The van der Waals surface area contributed by atoms with Crippen LogP contribution in [0.5, 0.6) is 0 Å². The molecule has 0 bridgehead atoms. The minimum Gasteiger partial charge on any atom is -0.288 e. The van der Waals surface area contributed by atoms with Crippen molar-refractivity contribution in [2.24, 2.45) is 0 Å². The van der Waals surface area contributed by atoms with Gasteiger partial charge in [0.1, 0.15) is 0 Å². The number of carbonyl (C=O) groups is 1. The first-order chi connectivity index (χ1) is 12.6. The molecule has 2 fully saturated rings. The molecule has 1 aromatic heterocycles. The summed E-state index contributed by atoms with van der Waals surface area (Å²) >= 11 is 1.35. The molecule has 6 heteroatoms. The topological polar surface area (TPSA) is 60.2 Å². The number of nitro groups is 1. The summed E-state index contributed by atoms with van der Waals surface area (Å²) in [6.45, 7) is 0. The van der Waals surface area contributed by atoms with Crippen molar-refractivity contribution in [1.82, 2.24) is 0 Å². The van der Waals surface area contributed by atoms with Gasteiger partial charge in [-0.3, -0.25) is 14.9 Å². The van der Waals surface area contributed by atoms with Crippen LogP contribution in [0.3, 0.4) is 0 Å². The molecule has 4 nitrogen and oxygen atoms in total. The molecule has 0 N–H and O–H groups in total. The quantitative estimate of drug-likeness (QED) is 0.315. The van der Waals surface area contributed by atoms with Gasteiger partial charge >= 0.3 is 17.1 Å². The van der Waals surface area contributed by atoms with Gasteiger partial charge in [-0.1, -0.05) is 12.1 Å². The number of hydrogen-bond donors (Lipinski definition) is 0. The molecule has 0 amide bonds. The van der Waals surface area contributed by atoms with E-state index in [1.54, 1.807) is 6.07 Å². The summed E-state index contributed by atoms with van der Waals surface area (Å²) in [6.07, 6.45) is 17.8. The molecule has 27 heavy (non-hydrogen) atoms. The Bertz CT molecular complexity index is 757. The SMILES string of the molecule is O=C(c1cccc([N+](=O)[O-])c1)c1cc([C]2[CH][CH][CH][CH]2)cs1.[CH]1[CH][CH][CH][CH]1.[Fe+2]. The fourth-order valence-corrected chi connectivity index (χ4v) is 3.27. The Hall–Kier alpha value is -1.49. The van der Waals surface area contributed by atoms with Gasteiger partial charge in [0, 0.05) is 23.6 Å². The fraction of sp³-hybridized carbons (Fsp3) is 0. The van der Waals surface area contributed by atoms with Crippen LogP contribution in [-0.2, 0) is 17.1 Å². The van der Waals surface area contributed by atoms with E-state index in [0.29, 0.717) is 10.4 Å². The molecule has 0 spiro atoms. The average Bonchev–Trinajstić information content (AvgIpc) is 3.44. The molecule has 2 aliphatic rings. The van der Waals surface area contributed by atoms with Gasteiger partial charge in [0.15, 0.2) is 0 Å². The fourth-order valence-electron chi connectivity index (χ4n) is 2.40. The van der Waals surface area contributed by atoms with Crippen molar-refractivity contribution in [1.29, 1.82) is 0 Å². The van der Waals surface area contributed by atoms with Crippen LogP contribution in [-0.4, -0.2) is 10.7 Å². The monoisotopic (exact) mass is 417 g/mol. The third kappa shape index (κ3) is 6.00. The van der Waals surface area contributed by atoms with E-state index in [2.05, 4.69) is 0 Å². The summed E-state index contributed by atoms with van der Waals surface area (Å²) in [6, 6.07) is 7.63. The van der Waals surface area contributed by atoms with E-state index in [0.717, 1.165) is 11.5 Å². The van der Waals surface area contributed by atoms with E-state index in [4.69, 9.17) is 0 Å². The van der Waals surface area contributed by atoms with E-state index >= 15 is 0 Å². The van der Waals surface area contributed by atoms with Gasteiger partial charge in [-0.2, -0.15) is 0 Å². The number of carbonyl (C=O) groups excluding carboxylic acids is 1. The number of benzene rings is 1. The van der Waals surface area contributed by atoms with Crippen molar-refractivity contribution in [3.05, 3.63) is 126 Å². The largest absolute Gasteiger partial charge is 2.00 e. The predicted octanol–water partition coefficient (Wildman–Crippen LogP) is 4.66. The molecule has 4 rings (SSSR count). The molecule has 0 atom stereocenters. The van der Waals surface area contributed by atoms with Crippen molar-refractivity contribution in [3.8, 4) is 0 Å². The number of nitrogens with zero attached hydrogens (tertiary/aromatic N) is 1. The van der Waals surface area contributed by atoms with Crippen LogP contribution in [0.15, 0.2) is 35.7 Å². The van der Waals surface area contributed by atoms with Crippen LogP contribution in [0.25, 0.3) is 0 Å². The zero-order valence-corrected chi connectivity index (χ0v) is 16.0. The Kier molecular flexibility index (Phi) is 8.68. The van der Waals surface area contributed by atoms with Crippen molar-refractivity contribution < 1.29 is 26.8 Å². The van der Waals surface area contributed by atoms with Gasteiger partial charge < -0.3 is 0 Å². The molecule has 2 aliphatic carbocycles.